The van der Waals surface area contributed by atoms with Crippen molar-refractivity contribution in [2.24, 2.45) is 11.8 Å². The molecule has 0 aromatic carbocycles. The average molecular weight is 297 g/mol. The lowest BCUT2D eigenvalue weighted by molar-refractivity contribution is 0.0801. The second-order valence-electron chi connectivity index (χ2n) is 7.94. The van der Waals surface area contributed by atoms with E-state index in [0.717, 1.165) is 26.2 Å². The van der Waals surface area contributed by atoms with E-state index in [9.17, 15) is 5.11 Å². The zero-order valence-corrected chi connectivity index (χ0v) is 14.4. The molecule has 0 aromatic heterocycles. The minimum Gasteiger partial charge on any atom is -0.394 e. The Bertz CT molecular complexity index is 313. The van der Waals surface area contributed by atoms with E-state index >= 15 is 0 Å². The third-order valence-corrected chi connectivity index (χ3v) is 4.70. The molecule has 2 N–H and O–H groups in total. The van der Waals surface area contributed by atoms with E-state index in [1.807, 2.05) is 0 Å². The van der Waals surface area contributed by atoms with Crippen molar-refractivity contribution in [2.45, 2.75) is 51.1 Å². The third-order valence-electron chi connectivity index (χ3n) is 4.70. The summed E-state index contributed by atoms with van der Waals surface area (Å²) in [6.45, 7) is 9.15. The van der Waals surface area contributed by atoms with Gasteiger partial charge in [-0.2, -0.15) is 0 Å². The van der Waals surface area contributed by atoms with Gasteiger partial charge in [0.25, 0.3) is 0 Å². The van der Waals surface area contributed by atoms with Crippen molar-refractivity contribution in [2.75, 3.05) is 46.9 Å². The summed E-state index contributed by atoms with van der Waals surface area (Å²) >= 11 is 0. The highest BCUT2D eigenvalue weighted by atomic mass is 16.3. The molecule has 0 spiro atoms. The van der Waals surface area contributed by atoms with Gasteiger partial charge in [0.15, 0.2) is 0 Å². The van der Waals surface area contributed by atoms with Crippen LogP contribution in [0.1, 0.15) is 39.5 Å². The highest BCUT2D eigenvalue weighted by Crippen LogP contribution is 2.42. The summed E-state index contributed by atoms with van der Waals surface area (Å²) in [4.78, 5) is 4.81. The molecule has 2 aliphatic carbocycles. The maximum Gasteiger partial charge on any atom is 0.0628 e. The molecule has 0 saturated heterocycles. The molecular formula is C17H35N3O. The number of hydrogen-bond donors (Lipinski definition) is 2. The lowest BCUT2D eigenvalue weighted by Gasteiger charge is -2.39. The number of nitrogens with zero attached hydrogens (tertiary/aromatic N) is 2. The number of hydrogen-bond acceptors (Lipinski definition) is 4. The monoisotopic (exact) mass is 297 g/mol. The summed E-state index contributed by atoms with van der Waals surface area (Å²) in [5.41, 5.74) is -0.0532. The molecule has 0 heterocycles. The van der Waals surface area contributed by atoms with Crippen molar-refractivity contribution < 1.29 is 5.11 Å². The van der Waals surface area contributed by atoms with Gasteiger partial charge in [0.2, 0.25) is 0 Å². The van der Waals surface area contributed by atoms with Crippen LogP contribution < -0.4 is 5.32 Å². The highest BCUT2D eigenvalue weighted by Gasteiger charge is 2.48. The molecule has 1 unspecified atom stereocenters. The van der Waals surface area contributed by atoms with E-state index in [0.29, 0.717) is 17.9 Å². The predicted molar refractivity (Wildman–Crippen MR) is 88.5 cm³/mol. The zero-order valence-electron chi connectivity index (χ0n) is 14.4. The number of aliphatic hydroxyl groups is 1. The van der Waals surface area contributed by atoms with Crippen molar-refractivity contribution in [3.05, 3.63) is 0 Å². The lowest BCUT2D eigenvalue weighted by Crippen LogP contribution is -2.59. The van der Waals surface area contributed by atoms with Gasteiger partial charge < -0.3 is 15.3 Å². The number of aliphatic hydroxyl groups excluding tert-OH is 1. The smallest absolute Gasteiger partial charge is 0.0628 e. The van der Waals surface area contributed by atoms with Gasteiger partial charge >= 0.3 is 0 Å². The minimum atomic E-state index is -0.0532. The zero-order chi connectivity index (χ0) is 15.5. The topological polar surface area (TPSA) is 38.7 Å². The molecule has 4 heteroatoms. The molecule has 0 bridgehead atoms. The quantitative estimate of drug-likeness (QED) is 0.605. The molecule has 0 amide bonds. The van der Waals surface area contributed by atoms with Crippen LogP contribution in [0.4, 0.5) is 0 Å². The normalized spacial score (nSPS) is 22.3. The Balaban J connectivity index is 1.98. The molecule has 2 aliphatic rings. The molecule has 2 saturated carbocycles. The van der Waals surface area contributed by atoms with E-state index in [4.69, 9.17) is 0 Å². The predicted octanol–water partition coefficient (Wildman–Crippen LogP) is 1.40. The van der Waals surface area contributed by atoms with E-state index in [1.165, 1.54) is 25.7 Å². The fourth-order valence-electron chi connectivity index (χ4n) is 3.28. The van der Waals surface area contributed by atoms with E-state index < -0.39 is 0 Å². The van der Waals surface area contributed by atoms with Gasteiger partial charge in [0.1, 0.15) is 0 Å². The SMILES string of the molecule is CC(C)CN(CCN(C)C)CC(CO)(NC1CC1)C1CC1. The number of nitrogens with one attached hydrogen (secondary N) is 1. The summed E-state index contributed by atoms with van der Waals surface area (Å²) in [6, 6.07) is 0.660. The average Bonchev–Trinajstić information content (AvgIpc) is 3.25. The Morgan fingerprint density at radius 3 is 2.24 bits per heavy atom. The number of rotatable bonds is 11. The summed E-state index contributed by atoms with van der Waals surface area (Å²) in [5.74, 6) is 1.35. The summed E-state index contributed by atoms with van der Waals surface area (Å²) < 4.78 is 0. The van der Waals surface area contributed by atoms with Crippen molar-refractivity contribution in [3.8, 4) is 0 Å². The maximum atomic E-state index is 10.1. The van der Waals surface area contributed by atoms with Crippen LogP contribution in [0.2, 0.25) is 0 Å². The summed E-state index contributed by atoms with van der Waals surface area (Å²) in [5, 5.41) is 13.9. The fraction of sp³-hybridized carbons (Fsp3) is 1.00. The van der Waals surface area contributed by atoms with Gasteiger partial charge in [0, 0.05) is 32.2 Å². The first-order chi connectivity index (χ1) is 9.95. The molecule has 4 nitrogen and oxygen atoms in total. The largest absolute Gasteiger partial charge is 0.394 e. The van der Waals surface area contributed by atoms with Gasteiger partial charge in [0.05, 0.1) is 12.1 Å². The Morgan fingerprint density at radius 2 is 1.81 bits per heavy atom. The highest BCUT2D eigenvalue weighted by molar-refractivity contribution is 5.06. The Hall–Kier alpha value is -0.160. The molecule has 124 valence electrons. The standard InChI is InChI=1S/C17H35N3O/c1-14(2)11-20(10-9-19(3)4)12-17(13-21,15-5-6-15)18-16-7-8-16/h14-16,18,21H,5-13H2,1-4H3. The minimum absolute atomic E-state index is 0.0532. The van der Waals surface area contributed by atoms with Crippen LogP contribution in [0.3, 0.4) is 0 Å². The molecular weight excluding hydrogens is 262 g/mol. The van der Waals surface area contributed by atoms with E-state index in [2.05, 4.69) is 43.1 Å². The van der Waals surface area contributed by atoms with E-state index in [-0.39, 0.29) is 12.1 Å². The molecule has 0 aliphatic heterocycles. The molecule has 0 radical (unpaired) electrons. The Kier molecular flexibility index (Phi) is 6.06. The Morgan fingerprint density at radius 1 is 1.14 bits per heavy atom. The first-order valence-electron chi connectivity index (χ1n) is 8.71. The molecule has 21 heavy (non-hydrogen) atoms. The molecule has 0 aromatic rings. The van der Waals surface area contributed by atoms with Crippen molar-refractivity contribution >= 4 is 0 Å². The van der Waals surface area contributed by atoms with E-state index in [1.54, 1.807) is 0 Å². The Labute approximate surface area is 130 Å². The second-order valence-corrected chi connectivity index (χ2v) is 7.94. The van der Waals surface area contributed by atoms with Gasteiger partial charge in [-0.05, 0) is 51.6 Å². The van der Waals surface area contributed by atoms with Gasteiger partial charge in [-0.1, -0.05) is 13.8 Å². The van der Waals surface area contributed by atoms with Gasteiger partial charge in [-0.15, -0.1) is 0 Å². The van der Waals surface area contributed by atoms with Crippen molar-refractivity contribution in [1.82, 2.24) is 15.1 Å². The van der Waals surface area contributed by atoms with Crippen LogP contribution in [0.5, 0.6) is 0 Å². The van der Waals surface area contributed by atoms with Crippen LogP contribution in [0, 0.1) is 11.8 Å². The second kappa shape index (κ2) is 7.40. The van der Waals surface area contributed by atoms with Gasteiger partial charge in [-0.3, -0.25) is 4.90 Å². The molecule has 2 fully saturated rings. The van der Waals surface area contributed by atoms with Crippen LogP contribution in [-0.2, 0) is 0 Å². The van der Waals surface area contributed by atoms with Gasteiger partial charge in [-0.25, -0.2) is 0 Å². The molecule has 1 atom stereocenters. The first kappa shape index (κ1) is 17.2. The van der Waals surface area contributed by atoms with Crippen LogP contribution in [-0.4, -0.2) is 73.4 Å². The lowest BCUT2D eigenvalue weighted by atomic mass is 9.92. The summed E-state index contributed by atoms with van der Waals surface area (Å²) in [6.07, 6.45) is 5.14. The molecule has 2 rings (SSSR count). The third kappa shape index (κ3) is 5.51. The van der Waals surface area contributed by atoms with Crippen molar-refractivity contribution in [3.63, 3.8) is 0 Å². The van der Waals surface area contributed by atoms with Crippen LogP contribution >= 0.6 is 0 Å². The fourth-order valence-corrected chi connectivity index (χ4v) is 3.28. The number of likely N-dealkylation sites (N-methyl/N-ethyl adjacent to an activating group) is 1. The van der Waals surface area contributed by atoms with Crippen molar-refractivity contribution in [1.29, 1.82) is 0 Å². The summed E-state index contributed by atoms with van der Waals surface area (Å²) in [7, 11) is 4.27. The first-order valence-corrected chi connectivity index (χ1v) is 8.71. The van der Waals surface area contributed by atoms with Crippen LogP contribution in [0.15, 0.2) is 0 Å². The van der Waals surface area contributed by atoms with Crippen LogP contribution in [0.25, 0.3) is 0 Å². The maximum absolute atomic E-state index is 10.1.